The van der Waals surface area contributed by atoms with E-state index in [1.165, 1.54) is 0 Å². The van der Waals surface area contributed by atoms with E-state index in [0.717, 1.165) is 5.19 Å². The normalized spacial score (nSPS) is 7.30. The van der Waals surface area contributed by atoms with E-state index in [2.05, 4.69) is 0 Å². The topological polar surface area (TPSA) is 23.1 Å². The van der Waals surface area contributed by atoms with Gasteiger partial charge in [0.1, 0.15) is 0 Å². The molecule has 10 heavy (non-hydrogen) atoms. The molecule has 0 aliphatic heterocycles. The molecule has 0 amide bonds. The maximum atomic E-state index is 10.2. The van der Waals surface area contributed by atoms with Crippen molar-refractivity contribution in [3.05, 3.63) is 30.3 Å². The standard InChI is InChI=1S/C6H5OSi.ClH.Mg/c7-8-6-4-2-1-3-5-6;;/h1-5H;1H;/q-1;;+2/p-1. The van der Waals surface area contributed by atoms with Crippen molar-refractivity contribution in [1.82, 2.24) is 0 Å². The Bertz CT molecular complexity index is 159. The molecule has 4 heteroatoms. The fourth-order valence-corrected chi connectivity index (χ4v) is 0.835. The van der Waals surface area contributed by atoms with E-state index in [1.54, 1.807) is 0 Å². The van der Waals surface area contributed by atoms with Crippen molar-refractivity contribution >= 4 is 38.0 Å². The summed E-state index contributed by atoms with van der Waals surface area (Å²) in [4.78, 5) is 10.2. The predicted molar refractivity (Wildman–Crippen MR) is 37.6 cm³/mol. The van der Waals surface area contributed by atoms with Gasteiger partial charge in [-0.15, -0.1) is 0 Å². The summed E-state index contributed by atoms with van der Waals surface area (Å²) in [7, 11) is -0.320. The number of hydrogen-bond acceptors (Lipinski definition) is 1. The van der Waals surface area contributed by atoms with E-state index in [4.69, 9.17) is 0 Å². The monoisotopic (exact) mass is 180 g/mol. The van der Waals surface area contributed by atoms with Crippen LogP contribution in [0.1, 0.15) is 0 Å². The number of hydrogen-bond donors (Lipinski definition) is 0. The first-order valence-corrected chi connectivity index (χ1v) is 3.27. The predicted octanol–water partition coefficient (Wildman–Crippen LogP) is -4.09. The number of halogens is 1. The van der Waals surface area contributed by atoms with Gasteiger partial charge in [-0.3, -0.25) is 0 Å². The molecule has 1 aromatic rings. The Hall–Kier alpha value is 0.453. The van der Waals surface area contributed by atoms with Crippen molar-refractivity contribution in [2.45, 2.75) is 0 Å². The first kappa shape index (κ1) is 13.1. The number of benzene rings is 1. The fraction of sp³-hybridized carbons (Fsp3) is 0. The maximum Gasteiger partial charge on any atom is 2.00 e. The third-order valence-corrected chi connectivity index (χ3v) is 1.46. The zero-order chi connectivity index (χ0) is 5.82. The summed E-state index contributed by atoms with van der Waals surface area (Å²) in [5.74, 6) is 0. The first-order chi connectivity index (χ1) is 3.93. The Kier molecular flexibility index (Phi) is 9.88. The van der Waals surface area contributed by atoms with E-state index in [-0.39, 0.29) is 45.2 Å². The fourth-order valence-electron chi connectivity index (χ4n) is 0.506. The van der Waals surface area contributed by atoms with Crippen LogP contribution in [0.15, 0.2) is 30.3 Å². The van der Waals surface area contributed by atoms with E-state index in [0.29, 0.717) is 0 Å². The summed E-state index contributed by atoms with van der Waals surface area (Å²) in [6.07, 6.45) is 0. The molecule has 0 aliphatic carbocycles. The van der Waals surface area contributed by atoms with Gasteiger partial charge in [-0.1, -0.05) is 35.5 Å². The molecule has 48 valence electrons. The molecule has 1 aromatic carbocycles. The third-order valence-electron chi connectivity index (χ3n) is 0.892. The van der Waals surface area contributed by atoms with Gasteiger partial charge in [-0.05, 0) is 9.76 Å². The minimum Gasteiger partial charge on any atom is -1.00 e. The van der Waals surface area contributed by atoms with Crippen LogP contribution in [0, 0.1) is 0 Å². The number of rotatable bonds is 1. The van der Waals surface area contributed by atoms with Crippen molar-refractivity contribution in [3.63, 3.8) is 0 Å². The second-order valence-electron chi connectivity index (χ2n) is 1.47. The second kappa shape index (κ2) is 7.56. The van der Waals surface area contributed by atoms with Crippen LogP contribution in [0.4, 0.5) is 0 Å². The van der Waals surface area contributed by atoms with Gasteiger partial charge in [-0.25, -0.2) is 0 Å². The molecular formula is C6H5ClMgOSi. The minimum atomic E-state index is -0.320. The summed E-state index contributed by atoms with van der Waals surface area (Å²) in [6.45, 7) is 0. The molecule has 0 unspecified atom stereocenters. The molecule has 0 aliphatic rings. The van der Waals surface area contributed by atoms with Crippen molar-refractivity contribution in [2.24, 2.45) is 0 Å². The van der Waals surface area contributed by atoms with Crippen LogP contribution in [-0.2, 0) is 0 Å². The molecule has 0 saturated heterocycles. The molecule has 0 spiro atoms. The first-order valence-electron chi connectivity index (χ1n) is 2.36. The van der Waals surface area contributed by atoms with Crippen LogP contribution < -0.4 is 22.4 Å². The summed E-state index contributed by atoms with van der Waals surface area (Å²) in [5.41, 5.74) is 0. The van der Waals surface area contributed by atoms with Crippen molar-refractivity contribution < 1.29 is 17.2 Å². The Morgan fingerprint density at radius 3 is 1.90 bits per heavy atom. The van der Waals surface area contributed by atoms with Crippen molar-refractivity contribution in [2.75, 3.05) is 0 Å². The van der Waals surface area contributed by atoms with Gasteiger partial charge in [0.15, 0.2) is 0 Å². The summed E-state index contributed by atoms with van der Waals surface area (Å²) in [6, 6.07) is 9.33. The van der Waals surface area contributed by atoms with E-state index >= 15 is 0 Å². The van der Waals surface area contributed by atoms with Gasteiger partial charge >= 0.3 is 23.1 Å². The van der Waals surface area contributed by atoms with Crippen LogP contribution in [0.5, 0.6) is 0 Å². The quantitative estimate of drug-likeness (QED) is 0.404. The van der Waals surface area contributed by atoms with Crippen LogP contribution in [0.25, 0.3) is 0 Å². The molecule has 0 N–H and O–H groups in total. The molecule has 1 rings (SSSR count). The molecule has 0 bridgehead atoms. The van der Waals surface area contributed by atoms with Crippen LogP contribution >= 0.6 is 0 Å². The minimum absolute atomic E-state index is 0. The van der Waals surface area contributed by atoms with Gasteiger partial charge in [0, 0.05) is 0 Å². The van der Waals surface area contributed by atoms with Gasteiger partial charge in [0.25, 0.3) is 0 Å². The third kappa shape index (κ3) is 4.30. The van der Waals surface area contributed by atoms with Crippen LogP contribution in [0.3, 0.4) is 0 Å². The summed E-state index contributed by atoms with van der Waals surface area (Å²) >= 11 is 0. The average molecular weight is 181 g/mol. The Balaban J connectivity index is 0. The van der Waals surface area contributed by atoms with Crippen LogP contribution in [0.2, 0.25) is 0 Å². The molecular weight excluding hydrogens is 176 g/mol. The van der Waals surface area contributed by atoms with Gasteiger partial charge in [0.2, 0.25) is 0 Å². The summed E-state index contributed by atoms with van der Waals surface area (Å²) < 4.78 is 0. The SMILES string of the molecule is [Cl-].[Mg+2].[O-][Si]c1ccccc1. The Labute approximate surface area is 85.3 Å². The van der Waals surface area contributed by atoms with Crippen molar-refractivity contribution in [3.8, 4) is 0 Å². The van der Waals surface area contributed by atoms with E-state index in [9.17, 15) is 4.80 Å². The van der Waals surface area contributed by atoms with E-state index < -0.39 is 0 Å². The zero-order valence-electron chi connectivity index (χ0n) is 5.38. The van der Waals surface area contributed by atoms with Gasteiger partial charge < -0.3 is 17.2 Å². The average Bonchev–Trinajstić information content (AvgIpc) is 1.90. The molecule has 1 nitrogen and oxygen atoms in total. The summed E-state index contributed by atoms with van der Waals surface area (Å²) in [5, 5.41) is 0.882. The van der Waals surface area contributed by atoms with Crippen molar-refractivity contribution in [1.29, 1.82) is 0 Å². The molecule has 0 atom stereocenters. The van der Waals surface area contributed by atoms with Gasteiger partial charge in [0.05, 0.1) is 0 Å². The van der Waals surface area contributed by atoms with E-state index in [1.807, 2.05) is 30.3 Å². The zero-order valence-corrected chi connectivity index (χ0v) is 8.55. The van der Waals surface area contributed by atoms with Crippen LogP contribution in [-0.4, -0.2) is 32.8 Å². The van der Waals surface area contributed by atoms with Gasteiger partial charge in [-0.2, -0.15) is 0 Å². The largest absolute Gasteiger partial charge is 2.00 e. The second-order valence-corrected chi connectivity index (χ2v) is 2.25. The Morgan fingerprint density at radius 1 is 1.10 bits per heavy atom. The molecule has 0 saturated carbocycles. The molecule has 0 aromatic heterocycles. The molecule has 0 fully saturated rings. The molecule has 2 radical (unpaired) electrons. The Morgan fingerprint density at radius 2 is 1.60 bits per heavy atom. The maximum absolute atomic E-state index is 10.2. The smallest absolute Gasteiger partial charge is 1.00 e. The molecule has 0 heterocycles.